The van der Waals surface area contributed by atoms with Crippen molar-refractivity contribution in [2.75, 3.05) is 54.5 Å². The fourth-order valence-electron chi connectivity index (χ4n) is 4.52. The van der Waals surface area contributed by atoms with Crippen molar-refractivity contribution < 1.29 is 4.74 Å². The molecule has 1 spiro atoms. The van der Waals surface area contributed by atoms with E-state index in [4.69, 9.17) is 4.74 Å². The van der Waals surface area contributed by atoms with E-state index in [0.717, 1.165) is 51.0 Å². The predicted octanol–water partition coefficient (Wildman–Crippen LogP) is 2.39. The van der Waals surface area contributed by atoms with Gasteiger partial charge in [-0.1, -0.05) is 18.2 Å². The highest BCUT2D eigenvalue weighted by molar-refractivity contribution is 5.53. The van der Waals surface area contributed by atoms with Gasteiger partial charge in [-0.05, 0) is 25.0 Å². The molecule has 5 rings (SSSR count). The molecule has 1 aromatic carbocycles. The van der Waals surface area contributed by atoms with Gasteiger partial charge in [0.05, 0.1) is 13.2 Å². The molecule has 6 nitrogen and oxygen atoms in total. The van der Waals surface area contributed by atoms with Gasteiger partial charge in [0, 0.05) is 49.4 Å². The first kappa shape index (κ1) is 15.9. The van der Waals surface area contributed by atoms with Crippen LogP contribution < -0.4 is 15.1 Å². The quantitative estimate of drug-likeness (QED) is 0.913. The molecule has 0 amide bonds. The van der Waals surface area contributed by atoms with Crippen LogP contribution in [0.1, 0.15) is 12.8 Å². The normalized spacial score (nSPS) is 22.0. The summed E-state index contributed by atoms with van der Waals surface area (Å²) >= 11 is 0. The van der Waals surface area contributed by atoms with Gasteiger partial charge in [-0.3, -0.25) is 0 Å². The molecule has 136 valence electrons. The molecule has 26 heavy (non-hydrogen) atoms. The molecule has 1 aliphatic carbocycles. The van der Waals surface area contributed by atoms with Crippen molar-refractivity contribution in [1.29, 1.82) is 0 Å². The number of nitrogens with one attached hydrogen (secondary N) is 1. The van der Waals surface area contributed by atoms with Gasteiger partial charge in [-0.15, -0.1) is 0 Å². The van der Waals surface area contributed by atoms with Crippen LogP contribution in [0, 0.1) is 5.41 Å². The van der Waals surface area contributed by atoms with Gasteiger partial charge in [0.15, 0.2) is 0 Å². The van der Waals surface area contributed by atoms with Gasteiger partial charge in [-0.2, -0.15) is 0 Å². The molecule has 2 aliphatic heterocycles. The Morgan fingerprint density at radius 1 is 0.962 bits per heavy atom. The maximum atomic E-state index is 5.43. The molecule has 3 aliphatic rings. The summed E-state index contributed by atoms with van der Waals surface area (Å²) in [6.07, 6.45) is 4.20. The molecule has 0 atom stereocenters. The Balaban J connectivity index is 1.16. The van der Waals surface area contributed by atoms with Crippen molar-refractivity contribution >= 4 is 17.3 Å². The van der Waals surface area contributed by atoms with Crippen LogP contribution in [0.2, 0.25) is 0 Å². The Bertz CT molecular complexity index is 748. The summed E-state index contributed by atoms with van der Waals surface area (Å²) in [6.45, 7) is 5.60. The minimum atomic E-state index is 0.483. The Labute approximate surface area is 154 Å². The molecular formula is C20H25N5O. The highest BCUT2D eigenvalue weighted by Crippen LogP contribution is 2.50. The Morgan fingerprint density at radius 3 is 2.38 bits per heavy atom. The lowest BCUT2D eigenvalue weighted by Gasteiger charge is -2.59. The van der Waals surface area contributed by atoms with Crippen LogP contribution >= 0.6 is 0 Å². The average molecular weight is 351 g/mol. The average Bonchev–Trinajstić information content (AvgIpc) is 2.64. The molecule has 6 heteroatoms. The van der Waals surface area contributed by atoms with Crippen molar-refractivity contribution in [1.82, 2.24) is 9.97 Å². The molecule has 0 radical (unpaired) electrons. The number of aromatic nitrogens is 2. The minimum absolute atomic E-state index is 0.483. The van der Waals surface area contributed by atoms with Gasteiger partial charge in [0.25, 0.3) is 0 Å². The lowest BCUT2D eigenvalue weighted by atomic mass is 9.60. The van der Waals surface area contributed by atoms with Crippen molar-refractivity contribution in [3.05, 3.63) is 42.7 Å². The van der Waals surface area contributed by atoms with E-state index in [2.05, 4.69) is 61.5 Å². The largest absolute Gasteiger partial charge is 0.382 e. The summed E-state index contributed by atoms with van der Waals surface area (Å²) in [7, 11) is 0. The van der Waals surface area contributed by atoms with Crippen LogP contribution in [-0.2, 0) is 4.74 Å². The number of anilines is 3. The zero-order valence-corrected chi connectivity index (χ0v) is 15.0. The SMILES string of the molecule is c1ccc(NC2CC3(C2)CN(c2cc(N4CCOCC4)ncn2)C3)cc1. The highest BCUT2D eigenvalue weighted by atomic mass is 16.5. The lowest BCUT2D eigenvalue weighted by Crippen LogP contribution is -2.65. The van der Waals surface area contributed by atoms with Crippen LogP contribution in [0.3, 0.4) is 0 Å². The zero-order valence-electron chi connectivity index (χ0n) is 15.0. The molecular weight excluding hydrogens is 326 g/mol. The van der Waals surface area contributed by atoms with E-state index in [-0.39, 0.29) is 0 Å². The van der Waals surface area contributed by atoms with Crippen LogP contribution in [0.5, 0.6) is 0 Å². The molecule has 0 unspecified atom stereocenters. The second kappa shape index (κ2) is 6.43. The minimum Gasteiger partial charge on any atom is -0.382 e. The van der Waals surface area contributed by atoms with Crippen LogP contribution in [0.25, 0.3) is 0 Å². The maximum Gasteiger partial charge on any atom is 0.134 e. The van der Waals surface area contributed by atoms with Crippen molar-refractivity contribution in [2.45, 2.75) is 18.9 Å². The van der Waals surface area contributed by atoms with Gasteiger partial charge in [0.1, 0.15) is 18.0 Å². The molecule has 1 saturated carbocycles. The summed E-state index contributed by atoms with van der Waals surface area (Å²) in [5, 5.41) is 3.65. The molecule has 2 saturated heterocycles. The van der Waals surface area contributed by atoms with Gasteiger partial charge < -0.3 is 19.9 Å². The Hall–Kier alpha value is -2.34. The first-order chi connectivity index (χ1) is 12.8. The zero-order chi connectivity index (χ0) is 17.4. The van der Waals surface area contributed by atoms with Crippen molar-refractivity contribution in [2.24, 2.45) is 5.41 Å². The number of benzene rings is 1. The fourth-order valence-corrected chi connectivity index (χ4v) is 4.52. The monoisotopic (exact) mass is 351 g/mol. The number of hydrogen-bond donors (Lipinski definition) is 1. The van der Waals surface area contributed by atoms with E-state index in [0.29, 0.717) is 11.5 Å². The smallest absolute Gasteiger partial charge is 0.134 e. The molecule has 0 bridgehead atoms. The Kier molecular flexibility index (Phi) is 3.93. The molecule has 1 N–H and O–H groups in total. The number of ether oxygens (including phenoxy) is 1. The topological polar surface area (TPSA) is 53.5 Å². The van der Waals surface area contributed by atoms with Crippen molar-refractivity contribution in [3.8, 4) is 0 Å². The fraction of sp³-hybridized carbons (Fsp3) is 0.500. The van der Waals surface area contributed by atoms with E-state index in [9.17, 15) is 0 Å². The summed E-state index contributed by atoms with van der Waals surface area (Å²) in [5.74, 6) is 2.09. The number of morpholine rings is 1. The number of hydrogen-bond acceptors (Lipinski definition) is 6. The maximum absolute atomic E-state index is 5.43. The summed E-state index contributed by atoms with van der Waals surface area (Å²) in [4.78, 5) is 13.6. The molecule has 3 heterocycles. The first-order valence-electron chi connectivity index (χ1n) is 9.51. The predicted molar refractivity (Wildman–Crippen MR) is 103 cm³/mol. The third-order valence-electron chi connectivity index (χ3n) is 5.85. The van der Waals surface area contributed by atoms with Crippen LogP contribution in [-0.4, -0.2) is 55.4 Å². The molecule has 2 aromatic rings. The number of para-hydroxylation sites is 1. The highest BCUT2D eigenvalue weighted by Gasteiger charge is 2.52. The van der Waals surface area contributed by atoms with E-state index in [1.54, 1.807) is 6.33 Å². The summed E-state index contributed by atoms with van der Waals surface area (Å²) in [6, 6.07) is 13.3. The van der Waals surface area contributed by atoms with Gasteiger partial charge in [-0.25, -0.2) is 9.97 Å². The number of rotatable bonds is 4. The Morgan fingerprint density at radius 2 is 1.65 bits per heavy atom. The van der Waals surface area contributed by atoms with Crippen molar-refractivity contribution in [3.63, 3.8) is 0 Å². The standard InChI is InChI=1S/C20H25N5O/c1-2-4-16(5-3-1)23-17-11-20(12-17)13-25(14-20)19-10-18(21-15-22-19)24-6-8-26-9-7-24/h1-5,10,15,17,23H,6-9,11-14H2. The van der Waals surface area contributed by atoms with Crippen LogP contribution in [0.4, 0.5) is 17.3 Å². The van der Waals surface area contributed by atoms with Gasteiger partial charge >= 0.3 is 0 Å². The van der Waals surface area contributed by atoms with Crippen LogP contribution in [0.15, 0.2) is 42.7 Å². The molecule has 3 fully saturated rings. The second-order valence-electron chi connectivity index (χ2n) is 7.81. The summed E-state index contributed by atoms with van der Waals surface area (Å²) in [5.41, 5.74) is 1.71. The lowest BCUT2D eigenvalue weighted by molar-refractivity contribution is 0.0745. The number of nitrogens with zero attached hydrogens (tertiary/aromatic N) is 4. The summed E-state index contributed by atoms with van der Waals surface area (Å²) < 4.78 is 5.43. The van der Waals surface area contributed by atoms with E-state index in [1.165, 1.54) is 18.5 Å². The second-order valence-corrected chi connectivity index (χ2v) is 7.81. The third-order valence-corrected chi connectivity index (χ3v) is 5.85. The van der Waals surface area contributed by atoms with Gasteiger partial charge in [0.2, 0.25) is 0 Å². The van der Waals surface area contributed by atoms with E-state index >= 15 is 0 Å². The third kappa shape index (κ3) is 2.98. The van der Waals surface area contributed by atoms with E-state index < -0.39 is 0 Å². The molecule has 1 aromatic heterocycles. The van der Waals surface area contributed by atoms with E-state index in [1.807, 2.05) is 0 Å². The first-order valence-corrected chi connectivity index (χ1v) is 9.51.